The van der Waals surface area contributed by atoms with Gasteiger partial charge in [0, 0.05) is 54.9 Å². The Balaban J connectivity index is 0. The zero-order chi connectivity index (χ0) is 16.9. The van der Waals surface area contributed by atoms with Gasteiger partial charge in [0.25, 0.3) is 0 Å². The van der Waals surface area contributed by atoms with Crippen LogP contribution in [0, 0.1) is 0 Å². The summed E-state index contributed by atoms with van der Waals surface area (Å²) in [5, 5.41) is 0. The van der Waals surface area contributed by atoms with E-state index < -0.39 is 15.1 Å². The summed E-state index contributed by atoms with van der Waals surface area (Å²) in [6, 6.07) is 0. The quantitative estimate of drug-likeness (QED) is 0.293. The van der Waals surface area contributed by atoms with Crippen molar-refractivity contribution in [1.82, 2.24) is 0 Å². The number of hydrogen-bond donors (Lipinski definition) is 0. The minimum absolute atomic E-state index is 0.480. The highest BCUT2D eigenvalue weighted by Gasteiger charge is 2.30. The van der Waals surface area contributed by atoms with Crippen LogP contribution in [0.2, 0.25) is 0 Å². The van der Waals surface area contributed by atoms with Crippen molar-refractivity contribution >= 4 is 31.8 Å². The summed E-state index contributed by atoms with van der Waals surface area (Å²) < 4.78 is 40.2. The largest absolute Gasteiger partial charge is 0.905 e. The summed E-state index contributed by atoms with van der Waals surface area (Å²) in [6.07, 6.45) is 0. The molecule has 0 atom stereocenters. The fourth-order valence-electron chi connectivity index (χ4n) is 0.959. The first-order valence-electron chi connectivity index (χ1n) is 6.89. The lowest BCUT2D eigenvalue weighted by Crippen LogP contribution is -2.31. The Kier molecular flexibility index (Phi) is 27.3. The van der Waals surface area contributed by atoms with Crippen molar-refractivity contribution in [3.63, 3.8) is 0 Å². The third-order valence-electron chi connectivity index (χ3n) is 2.03. The fourth-order valence-corrected chi connectivity index (χ4v) is 2.21. The summed E-state index contributed by atoms with van der Waals surface area (Å²) in [6.45, 7) is 4.36. The fraction of sp³-hybridized carbons (Fsp3) is 1.00. The predicted molar refractivity (Wildman–Crippen MR) is 82.8 cm³/mol. The maximum absolute atomic E-state index is 5.43. The molecule has 0 N–H and O–H groups in total. The molecule has 0 aliphatic rings. The van der Waals surface area contributed by atoms with Crippen molar-refractivity contribution < 1.29 is 34.1 Å². The van der Waals surface area contributed by atoms with Crippen LogP contribution >= 0.6 is 0 Å². The summed E-state index contributed by atoms with van der Waals surface area (Å²) in [5.41, 5.74) is 0. The van der Waals surface area contributed by atoms with Crippen molar-refractivity contribution in [3.05, 3.63) is 0 Å². The van der Waals surface area contributed by atoms with Gasteiger partial charge in [-0.15, -0.1) is 0 Å². The minimum atomic E-state index is -2.07. The van der Waals surface area contributed by atoms with Crippen molar-refractivity contribution in [2.45, 2.75) is 0 Å². The molecule has 0 rings (SSSR count). The van der Waals surface area contributed by atoms with Crippen LogP contribution in [0.1, 0.15) is 0 Å². The van der Waals surface area contributed by atoms with Crippen LogP contribution in [0.4, 0.5) is 0 Å². The Bertz CT molecular complexity index is 163. The third-order valence-corrected chi connectivity index (χ3v) is 3.79. The van der Waals surface area contributed by atoms with Crippen LogP contribution in [0.25, 0.3) is 0 Å². The molecule has 130 valence electrons. The van der Waals surface area contributed by atoms with E-state index in [1.54, 1.807) is 28.4 Å². The van der Waals surface area contributed by atoms with Crippen LogP contribution < -0.4 is 0 Å². The van der Waals surface area contributed by atoms with Gasteiger partial charge in [0.1, 0.15) is 0 Å². The molecule has 22 heavy (non-hydrogen) atoms. The van der Waals surface area contributed by atoms with Crippen LogP contribution in [0.3, 0.4) is 0 Å². The summed E-state index contributed by atoms with van der Waals surface area (Å²) in [5.74, 6) is 0. The zero-order valence-electron chi connectivity index (χ0n) is 14.1. The molecule has 0 spiro atoms. The highest BCUT2D eigenvalue weighted by Crippen LogP contribution is 1.93. The molecule has 0 aromatic heterocycles. The van der Waals surface area contributed by atoms with E-state index in [2.05, 4.69) is 25.1 Å². The van der Waals surface area contributed by atoms with E-state index in [1.807, 2.05) is 0 Å². The second-order valence-corrected chi connectivity index (χ2v) is 5.65. The number of rotatable bonds is 15. The van der Waals surface area contributed by atoms with Gasteiger partial charge in [0.05, 0.1) is 26.4 Å². The van der Waals surface area contributed by atoms with Gasteiger partial charge in [-0.05, 0) is 0 Å². The number of hydrogen-bond acceptors (Lipinski definition) is 8. The third kappa shape index (κ3) is 23.0. The first-order chi connectivity index (χ1) is 10.8. The normalized spacial score (nSPS) is 10.2. The Hall–Kier alpha value is 0.745. The molecule has 0 heterocycles. The number of methoxy groups -OCH3 is 4. The molecule has 0 amide bonds. The molecule has 2 radical (unpaired) electrons. The van der Waals surface area contributed by atoms with Gasteiger partial charge in [-0.2, -0.15) is 0 Å². The maximum Gasteiger partial charge on any atom is 0.905 e. The lowest BCUT2D eigenvalue weighted by Gasteiger charge is -2.13. The van der Waals surface area contributed by atoms with Crippen LogP contribution in [0.15, 0.2) is 0 Å². The lowest BCUT2D eigenvalue weighted by atomic mass is 10.8. The monoisotopic (exact) mass is 354 g/mol. The SMILES string of the molecule is COCC[O][Al].COCC[O][Al]([O]CCOC)[O]CCOC. The Morgan fingerprint density at radius 1 is 0.545 bits per heavy atom. The average molecular weight is 354 g/mol. The molecular weight excluding hydrogens is 326 g/mol. The van der Waals surface area contributed by atoms with Crippen LogP contribution in [0.5, 0.6) is 0 Å². The highest BCUT2D eigenvalue weighted by molar-refractivity contribution is 6.36. The standard InChI is InChI=1S/4C3H7O2.2Al/c4*1-5-3-2-4;;/h4*2-3H2,1H3;;/q4*-1;+1;+3. The van der Waals surface area contributed by atoms with Gasteiger partial charge in [-0.3, -0.25) is 0 Å². The summed E-state index contributed by atoms with van der Waals surface area (Å²) >= 11 is 0.0804. The summed E-state index contributed by atoms with van der Waals surface area (Å²) in [7, 11) is 6.51. The minimum Gasteiger partial charge on any atom is -0.514 e. The number of ether oxygens (including phenoxy) is 4. The van der Waals surface area contributed by atoms with E-state index in [0.717, 1.165) is 0 Å². The van der Waals surface area contributed by atoms with Crippen molar-refractivity contribution in [1.29, 1.82) is 0 Å². The molecule has 8 nitrogen and oxygen atoms in total. The molecule has 10 heteroatoms. The van der Waals surface area contributed by atoms with Crippen LogP contribution in [-0.2, 0) is 34.1 Å². The molecule has 0 aromatic rings. The molecule has 0 saturated heterocycles. The summed E-state index contributed by atoms with van der Waals surface area (Å²) in [4.78, 5) is 0. The van der Waals surface area contributed by atoms with Gasteiger partial charge in [-0.1, -0.05) is 0 Å². The Morgan fingerprint density at radius 2 is 0.864 bits per heavy atom. The molecule has 0 unspecified atom stereocenters. The van der Waals surface area contributed by atoms with Gasteiger partial charge in [0.2, 0.25) is 0 Å². The predicted octanol–water partition coefficient (Wildman–Crippen LogP) is -0.307. The van der Waals surface area contributed by atoms with Gasteiger partial charge in [-0.25, -0.2) is 0 Å². The van der Waals surface area contributed by atoms with Gasteiger partial charge in [0.15, 0.2) is 0 Å². The molecule has 0 aliphatic heterocycles. The van der Waals surface area contributed by atoms with E-state index in [9.17, 15) is 0 Å². The van der Waals surface area contributed by atoms with E-state index in [-0.39, 0.29) is 0 Å². The van der Waals surface area contributed by atoms with Crippen molar-refractivity contribution in [3.8, 4) is 0 Å². The maximum atomic E-state index is 5.43. The molecule has 0 bridgehead atoms. The first kappa shape index (κ1) is 25.0. The molecule has 0 saturated carbocycles. The van der Waals surface area contributed by atoms with E-state index in [4.69, 9.17) is 25.6 Å². The highest BCUT2D eigenvalue weighted by atomic mass is 27.3. The van der Waals surface area contributed by atoms with E-state index in [0.29, 0.717) is 52.9 Å². The average Bonchev–Trinajstić information content (AvgIpc) is 2.53. The molecule has 0 aromatic carbocycles. The van der Waals surface area contributed by atoms with Gasteiger partial charge < -0.3 is 34.1 Å². The topological polar surface area (TPSA) is 73.8 Å². The van der Waals surface area contributed by atoms with Gasteiger partial charge >= 0.3 is 31.8 Å². The van der Waals surface area contributed by atoms with Crippen molar-refractivity contribution in [2.75, 3.05) is 81.3 Å². The van der Waals surface area contributed by atoms with Crippen molar-refractivity contribution in [2.24, 2.45) is 0 Å². The Morgan fingerprint density at radius 3 is 1.09 bits per heavy atom. The second kappa shape index (κ2) is 24.0. The lowest BCUT2D eigenvalue weighted by molar-refractivity contribution is 0.0381. The second-order valence-electron chi connectivity index (χ2n) is 3.74. The Labute approximate surface area is 147 Å². The zero-order valence-corrected chi connectivity index (χ0v) is 16.4. The smallest absolute Gasteiger partial charge is 0.514 e. The molecule has 0 fully saturated rings. The van der Waals surface area contributed by atoms with E-state index >= 15 is 0 Å². The molecule has 0 aliphatic carbocycles. The van der Waals surface area contributed by atoms with E-state index in [1.165, 1.54) is 0 Å². The first-order valence-corrected chi connectivity index (χ1v) is 8.77. The van der Waals surface area contributed by atoms with Crippen LogP contribution in [-0.4, -0.2) is 113 Å². The molecular formula is C12H28Al2O8.